The second kappa shape index (κ2) is 5.87. The predicted molar refractivity (Wildman–Crippen MR) is 74.9 cm³/mol. The van der Waals surface area contributed by atoms with E-state index < -0.39 is 0 Å². The van der Waals surface area contributed by atoms with Crippen LogP contribution in [-0.4, -0.2) is 32.2 Å². The van der Waals surface area contributed by atoms with Gasteiger partial charge >= 0.3 is 0 Å². The molecular weight excluding hydrogens is 250 g/mol. The molecule has 5 heteroatoms. The fraction of sp³-hybridized carbons (Fsp3) is 0.615. The van der Waals surface area contributed by atoms with Crippen molar-refractivity contribution in [2.45, 2.75) is 25.7 Å². The summed E-state index contributed by atoms with van der Waals surface area (Å²) in [4.78, 5) is 4.23. The molecule has 2 heterocycles. The first-order chi connectivity index (χ1) is 8.72. The monoisotopic (exact) mass is 270 g/mol. The van der Waals surface area contributed by atoms with Gasteiger partial charge in [0.15, 0.2) is 16.6 Å². The van der Waals surface area contributed by atoms with Crippen LogP contribution >= 0.6 is 11.6 Å². The number of nitrogens with zero attached hydrogens (tertiary/aromatic N) is 2. The van der Waals surface area contributed by atoms with Crippen molar-refractivity contribution in [2.75, 3.05) is 27.2 Å². The van der Waals surface area contributed by atoms with E-state index in [1.54, 1.807) is 7.11 Å². The van der Waals surface area contributed by atoms with Crippen LogP contribution in [0.1, 0.15) is 25.7 Å². The Morgan fingerprint density at radius 2 is 1.94 bits per heavy atom. The molecule has 1 fully saturated rings. The van der Waals surface area contributed by atoms with Crippen molar-refractivity contribution in [3.63, 3.8) is 0 Å². The number of hydrogen-bond acceptors (Lipinski definition) is 3. The second-order valence-corrected chi connectivity index (χ2v) is 5.10. The van der Waals surface area contributed by atoms with E-state index in [1.165, 1.54) is 25.7 Å². The van der Waals surface area contributed by atoms with Gasteiger partial charge in [-0.25, -0.2) is 9.58 Å². The summed E-state index contributed by atoms with van der Waals surface area (Å²) in [6.07, 6.45) is 6.92. The Balaban J connectivity index is 2.36. The van der Waals surface area contributed by atoms with Crippen LogP contribution < -0.4 is 14.8 Å². The van der Waals surface area contributed by atoms with Gasteiger partial charge in [-0.1, -0.05) is 11.6 Å². The molecule has 1 aliphatic heterocycles. The van der Waals surface area contributed by atoms with Crippen LogP contribution in [0.4, 0.5) is 5.69 Å². The molecule has 18 heavy (non-hydrogen) atoms. The molecule has 0 atom stereocenters. The third kappa shape index (κ3) is 2.60. The van der Waals surface area contributed by atoms with E-state index in [-0.39, 0.29) is 0 Å². The first-order valence-electron chi connectivity index (χ1n) is 6.48. The van der Waals surface area contributed by atoms with Crippen LogP contribution in [0.5, 0.6) is 5.75 Å². The highest BCUT2D eigenvalue weighted by Crippen LogP contribution is 2.31. The zero-order valence-corrected chi connectivity index (χ0v) is 11.8. The van der Waals surface area contributed by atoms with E-state index >= 15 is 0 Å². The van der Waals surface area contributed by atoms with Gasteiger partial charge in [0.05, 0.1) is 13.3 Å². The average molecular weight is 271 g/mol. The highest BCUT2D eigenvalue weighted by Gasteiger charge is 2.31. The predicted octanol–water partition coefficient (Wildman–Crippen LogP) is 2.76. The van der Waals surface area contributed by atoms with Crippen LogP contribution in [0.3, 0.4) is 0 Å². The van der Waals surface area contributed by atoms with Crippen molar-refractivity contribution >= 4 is 17.3 Å². The number of methoxy groups -OCH3 is 1. The lowest BCUT2D eigenvalue weighted by molar-refractivity contribution is 0.216. The van der Waals surface area contributed by atoms with Crippen molar-refractivity contribution in [3.05, 3.63) is 17.4 Å². The van der Waals surface area contributed by atoms with Gasteiger partial charge in [-0.2, -0.15) is 5.43 Å². The molecule has 1 saturated heterocycles. The van der Waals surface area contributed by atoms with Crippen LogP contribution in [0.2, 0.25) is 5.15 Å². The standard InChI is InChI=1S/C13H21ClN3O/c1-15-17(7-5-3-4-6-8-17)11-9-12(18-2)13(14)16-10-11/h9-10,15H,3-8H2,1-2H3/q+1. The second-order valence-electron chi connectivity index (χ2n) is 4.74. The van der Waals surface area contributed by atoms with Gasteiger partial charge in [0.1, 0.15) is 13.1 Å². The molecule has 0 spiro atoms. The minimum absolute atomic E-state index is 0.422. The minimum atomic E-state index is 0.422. The minimum Gasteiger partial charge on any atom is -0.493 e. The first kappa shape index (κ1) is 13.6. The summed E-state index contributed by atoms with van der Waals surface area (Å²) in [5.74, 6) is 0.645. The number of pyridine rings is 1. The fourth-order valence-electron chi connectivity index (χ4n) is 2.63. The summed E-state index contributed by atoms with van der Waals surface area (Å²) < 4.78 is 6.03. The molecule has 1 N–H and O–H groups in total. The molecule has 0 aliphatic carbocycles. The molecule has 4 nitrogen and oxygen atoms in total. The van der Waals surface area contributed by atoms with Gasteiger partial charge in [0.2, 0.25) is 0 Å². The number of ether oxygens (including phenoxy) is 1. The highest BCUT2D eigenvalue weighted by atomic mass is 35.5. The summed E-state index contributed by atoms with van der Waals surface area (Å²) >= 11 is 5.99. The van der Waals surface area contributed by atoms with E-state index in [1.807, 2.05) is 19.3 Å². The Morgan fingerprint density at radius 1 is 1.28 bits per heavy atom. The first-order valence-corrected chi connectivity index (χ1v) is 6.86. The van der Waals surface area contributed by atoms with Gasteiger partial charge in [-0.15, -0.1) is 0 Å². The number of halogens is 1. The normalized spacial score (nSPS) is 19.3. The van der Waals surface area contributed by atoms with E-state index in [0.29, 0.717) is 10.9 Å². The maximum atomic E-state index is 5.99. The molecule has 2 rings (SSSR count). The Labute approximate surface area is 113 Å². The number of nitrogens with one attached hydrogen (secondary N) is 1. The summed E-state index contributed by atoms with van der Waals surface area (Å²) in [7, 11) is 3.63. The van der Waals surface area contributed by atoms with Crippen LogP contribution in [0.15, 0.2) is 12.3 Å². The van der Waals surface area contributed by atoms with Gasteiger partial charge in [-0.05, 0) is 25.7 Å². The summed E-state index contributed by atoms with van der Waals surface area (Å²) in [5.41, 5.74) is 4.57. The third-order valence-corrected chi connectivity index (χ3v) is 4.05. The number of aromatic nitrogens is 1. The number of rotatable bonds is 3. The highest BCUT2D eigenvalue weighted by molar-refractivity contribution is 6.30. The molecule has 0 radical (unpaired) electrons. The molecule has 0 saturated carbocycles. The van der Waals surface area contributed by atoms with Gasteiger partial charge in [-0.3, -0.25) is 0 Å². The van der Waals surface area contributed by atoms with E-state index in [0.717, 1.165) is 23.4 Å². The van der Waals surface area contributed by atoms with E-state index in [4.69, 9.17) is 16.3 Å². The zero-order valence-electron chi connectivity index (χ0n) is 11.1. The molecule has 1 aromatic heterocycles. The summed E-state index contributed by atoms with van der Waals surface area (Å²) in [6, 6.07) is 2.00. The van der Waals surface area contributed by atoms with Crippen LogP contribution in [-0.2, 0) is 0 Å². The van der Waals surface area contributed by atoms with E-state index in [2.05, 4.69) is 10.4 Å². The van der Waals surface area contributed by atoms with Crippen molar-refractivity contribution < 1.29 is 4.74 Å². The smallest absolute Gasteiger partial charge is 0.174 e. The molecule has 1 aromatic rings. The lowest BCUT2D eigenvalue weighted by Gasteiger charge is -2.35. The van der Waals surface area contributed by atoms with Crippen molar-refractivity contribution in [1.29, 1.82) is 0 Å². The number of hydrogen-bond donors (Lipinski definition) is 1. The summed E-state index contributed by atoms with van der Waals surface area (Å²) in [5, 5.41) is 0.422. The Kier molecular flexibility index (Phi) is 4.43. The molecule has 0 bridgehead atoms. The van der Waals surface area contributed by atoms with E-state index in [9.17, 15) is 0 Å². The largest absolute Gasteiger partial charge is 0.493 e. The van der Waals surface area contributed by atoms with Crippen LogP contribution in [0, 0.1) is 0 Å². The third-order valence-electron chi connectivity index (χ3n) is 3.76. The molecule has 0 amide bonds. The fourth-order valence-corrected chi connectivity index (χ4v) is 2.81. The quantitative estimate of drug-likeness (QED) is 0.677. The van der Waals surface area contributed by atoms with Crippen molar-refractivity contribution in [3.8, 4) is 5.75 Å². The lowest BCUT2D eigenvalue weighted by atomic mass is 10.2. The summed E-state index contributed by atoms with van der Waals surface area (Å²) in [6.45, 7) is 2.17. The molecule has 100 valence electrons. The number of quaternary nitrogens is 1. The molecule has 1 aliphatic rings. The van der Waals surface area contributed by atoms with Crippen LogP contribution in [0.25, 0.3) is 0 Å². The Hall–Kier alpha value is -0.840. The molecule has 0 unspecified atom stereocenters. The molecule has 0 aromatic carbocycles. The molecular formula is C13H21ClN3O+. The zero-order chi connectivity index (χ0) is 13.0. The van der Waals surface area contributed by atoms with Gasteiger partial charge in [0, 0.05) is 13.1 Å². The van der Waals surface area contributed by atoms with Crippen molar-refractivity contribution in [2.24, 2.45) is 0 Å². The maximum absolute atomic E-state index is 5.99. The lowest BCUT2D eigenvalue weighted by Crippen LogP contribution is -2.58. The Morgan fingerprint density at radius 3 is 2.50 bits per heavy atom. The average Bonchev–Trinajstić information content (AvgIpc) is 2.65. The van der Waals surface area contributed by atoms with Gasteiger partial charge < -0.3 is 4.74 Å². The topological polar surface area (TPSA) is 34.2 Å². The van der Waals surface area contributed by atoms with Gasteiger partial charge in [0.25, 0.3) is 0 Å². The SMILES string of the molecule is CN[N+]1(c2cnc(Cl)c(OC)c2)CCCCCC1. The Bertz CT molecular complexity index is 403. The maximum Gasteiger partial charge on any atom is 0.174 e. The van der Waals surface area contributed by atoms with Crippen molar-refractivity contribution in [1.82, 2.24) is 15.0 Å².